The van der Waals surface area contributed by atoms with Crippen LogP contribution in [0.2, 0.25) is 0 Å². The molecule has 0 aromatic rings. The van der Waals surface area contributed by atoms with E-state index >= 15 is 0 Å². The molecule has 19 heavy (non-hydrogen) atoms. The van der Waals surface area contributed by atoms with Gasteiger partial charge in [0.15, 0.2) is 0 Å². The standard InChI is InChI=1S/C17H34N2/c1-3-7-15(2)14-19-13-6-4-5-8-17(19)16-9-11-18-12-10-16/h15-18H,3-14H2,1-2H3. The molecule has 2 aliphatic heterocycles. The molecule has 2 aliphatic rings. The van der Waals surface area contributed by atoms with Crippen LogP contribution in [0.4, 0.5) is 0 Å². The Kier molecular flexibility index (Phi) is 6.66. The summed E-state index contributed by atoms with van der Waals surface area (Å²) in [6, 6.07) is 0.893. The van der Waals surface area contributed by atoms with Crippen LogP contribution in [0.3, 0.4) is 0 Å². The monoisotopic (exact) mass is 266 g/mol. The third-order valence-electron chi connectivity index (χ3n) is 5.17. The summed E-state index contributed by atoms with van der Waals surface area (Å²) in [5.41, 5.74) is 0. The molecule has 0 saturated carbocycles. The fourth-order valence-corrected chi connectivity index (χ4v) is 4.17. The molecule has 0 amide bonds. The fraction of sp³-hybridized carbons (Fsp3) is 1.00. The van der Waals surface area contributed by atoms with E-state index < -0.39 is 0 Å². The highest BCUT2D eigenvalue weighted by Gasteiger charge is 2.30. The van der Waals surface area contributed by atoms with Gasteiger partial charge in [-0.3, -0.25) is 4.90 Å². The molecule has 2 rings (SSSR count). The van der Waals surface area contributed by atoms with E-state index in [1.807, 2.05) is 0 Å². The van der Waals surface area contributed by atoms with Crippen molar-refractivity contribution in [2.45, 2.75) is 71.3 Å². The third-order valence-corrected chi connectivity index (χ3v) is 5.17. The van der Waals surface area contributed by atoms with Gasteiger partial charge in [-0.1, -0.05) is 33.1 Å². The van der Waals surface area contributed by atoms with Gasteiger partial charge >= 0.3 is 0 Å². The molecule has 0 aromatic carbocycles. The van der Waals surface area contributed by atoms with Crippen molar-refractivity contribution in [3.63, 3.8) is 0 Å². The predicted octanol–water partition coefficient (Wildman–Crippen LogP) is 3.67. The van der Waals surface area contributed by atoms with Crippen LogP contribution < -0.4 is 5.32 Å². The average molecular weight is 266 g/mol. The molecule has 2 fully saturated rings. The molecule has 0 bridgehead atoms. The molecule has 0 radical (unpaired) electrons. The van der Waals surface area contributed by atoms with E-state index in [4.69, 9.17) is 0 Å². The number of piperidine rings is 1. The topological polar surface area (TPSA) is 15.3 Å². The molecule has 0 aromatic heterocycles. The van der Waals surface area contributed by atoms with Crippen molar-refractivity contribution in [2.24, 2.45) is 11.8 Å². The molecule has 2 unspecified atom stereocenters. The minimum absolute atomic E-state index is 0.882. The summed E-state index contributed by atoms with van der Waals surface area (Å²) in [4.78, 5) is 2.88. The Hall–Kier alpha value is -0.0800. The van der Waals surface area contributed by atoms with E-state index in [0.29, 0.717) is 0 Å². The smallest absolute Gasteiger partial charge is 0.0125 e. The molecule has 0 spiro atoms. The van der Waals surface area contributed by atoms with E-state index in [1.165, 1.54) is 77.5 Å². The first-order valence-corrected chi connectivity index (χ1v) is 8.76. The number of hydrogen-bond donors (Lipinski definition) is 1. The quantitative estimate of drug-likeness (QED) is 0.817. The summed E-state index contributed by atoms with van der Waals surface area (Å²) in [6.45, 7) is 9.99. The summed E-state index contributed by atoms with van der Waals surface area (Å²) >= 11 is 0. The van der Waals surface area contributed by atoms with Gasteiger partial charge in [0.2, 0.25) is 0 Å². The minimum Gasteiger partial charge on any atom is -0.317 e. The second-order valence-electron chi connectivity index (χ2n) is 6.89. The zero-order chi connectivity index (χ0) is 13.5. The van der Waals surface area contributed by atoms with E-state index in [0.717, 1.165) is 17.9 Å². The van der Waals surface area contributed by atoms with Gasteiger partial charge in [-0.15, -0.1) is 0 Å². The fourth-order valence-electron chi connectivity index (χ4n) is 4.17. The van der Waals surface area contributed by atoms with Crippen molar-refractivity contribution in [3.05, 3.63) is 0 Å². The lowest BCUT2D eigenvalue weighted by molar-refractivity contribution is 0.105. The van der Waals surface area contributed by atoms with E-state index in [9.17, 15) is 0 Å². The van der Waals surface area contributed by atoms with Gasteiger partial charge in [-0.05, 0) is 63.6 Å². The Balaban J connectivity index is 1.93. The number of rotatable bonds is 5. The molecule has 1 N–H and O–H groups in total. The highest BCUT2D eigenvalue weighted by atomic mass is 15.2. The van der Waals surface area contributed by atoms with Crippen LogP contribution in [0, 0.1) is 11.8 Å². The summed E-state index contributed by atoms with van der Waals surface area (Å²) in [5, 5.41) is 3.53. The third kappa shape index (κ3) is 4.75. The molecule has 0 aliphatic carbocycles. The van der Waals surface area contributed by atoms with Crippen molar-refractivity contribution in [3.8, 4) is 0 Å². The van der Waals surface area contributed by atoms with Gasteiger partial charge in [0, 0.05) is 12.6 Å². The summed E-state index contributed by atoms with van der Waals surface area (Å²) < 4.78 is 0. The van der Waals surface area contributed by atoms with Crippen LogP contribution in [0.5, 0.6) is 0 Å². The molecular formula is C17H34N2. The Bertz CT molecular complexity index is 235. The largest absolute Gasteiger partial charge is 0.317 e. The van der Waals surface area contributed by atoms with E-state index in [1.54, 1.807) is 0 Å². The van der Waals surface area contributed by atoms with Gasteiger partial charge in [0.1, 0.15) is 0 Å². The lowest BCUT2D eigenvalue weighted by Crippen LogP contribution is -2.45. The summed E-state index contributed by atoms with van der Waals surface area (Å²) in [7, 11) is 0. The lowest BCUT2D eigenvalue weighted by Gasteiger charge is -2.39. The van der Waals surface area contributed by atoms with Crippen molar-refractivity contribution in [1.29, 1.82) is 0 Å². The highest BCUT2D eigenvalue weighted by molar-refractivity contribution is 4.85. The van der Waals surface area contributed by atoms with Crippen molar-refractivity contribution >= 4 is 0 Å². The Morgan fingerprint density at radius 1 is 1.11 bits per heavy atom. The number of nitrogens with one attached hydrogen (secondary N) is 1. The first-order valence-electron chi connectivity index (χ1n) is 8.76. The van der Waals surface area contributed by atoms with Gasteiger partial charge in [0.25, 0.3) is 0 Å². The van der Waals surface area contributed by atoms with Crippen LogP contribution in [0.15, 0.2) is 0 Å². The molecule has 112 valence electrons. The highest BCUT2D eigenvalue weighted by Crippen LogP contribution is 2.29. The normalized spacial score (nSPS) is 29.1. The van der Waals surface area contributed by atoms with Crippen LogP contribution in [-0.2, 0) is 0 Å². The van der Waals surface area contributed by atoms with Crippen LogP contribution >= 0.6 is 0 Å². The average Bonchev–Trinajstić information content (AvgIpc) is 2.65. The summed E-state index contributed by atoms with van der Waals surface area (Å²) in [6.07, 6.45) is 11.4. The van der Waals surface area contributed by atoms with Crippen LogP contribution in [0.25, 0.3) is 0 Å². The number of likely N-dealkylation sites (tertiary alicyclic amines) is 1. The van der Waals surface area contributed by atoms with Gasteiger partial charge in [-0.2, -0.15) is 0 Å². The van der Waals surface area contributed by atoms with Crippen molar-refractivity contribution in [1.82, 2.24) is 10.2 Å². The maximum absolute atomic E-state index is 3.53. The Labute approximate surface area is 120 Å². The van der Waals surface area contributed by atoms with Crippen molar-refractivity contribution < 1.29 is 0 Å². The van der Waals surface area contributed by atoms with Gasteiger partial charge in [-0.25, -0.2) is 0 Å². The van der Waals surface area contributed by atoms with Gasteiger partial charge < -0.3 is 5.32 Å². The SMILES string of the molecule is CCCC(C)CN1CCCCCC1C1CCNCC1. The minimum atomic E-state index is 0.882. The molecule has 2 nitrogen and oxygen atoms in total. The second-order valence-corrected chi connectivity index (χ2v) is 6.89. The van der Waals surface area contributed by atoms with E-state index in [-0.39, 0.29) is 0 Å². The number of nitrogens with zero attached hydrogens (tertiary/aromatic N) is 1. The van der Waals surface area contributed by atoms with Crippen LogP contribution in [0.1, 0.15) is 65.2 Å². The van der Waals surface area contributed by atoms with Crippen molar-refractivity contribution in [2.75, 3.05) is 26.2 Å². The first kappa shape index (κ1) is 15.3. The first-order chi connectivity index (χ1) is 9.31. The maximum Gasteiger partial charge on any atom is 0.0125 e. The molecular weight excluding hydrogens is 232 g/mol. The predicted molar refractivity (Wildman–Crippen MR) is 83.5 cm³/mol. The molecule has 2 heterocycles. The number of hydrogen-bond acceptors (Lipinski definition) is 2. The molecule has 2 atom stereocenters. The molecule has 2 saturated heterocycles. The zero-order valence-electron chi connectivity index (χ0n) is 13.2. The summed E-state index contributed by atoms with van der Waals surface area (Å²) in [5.74, 6) is 1.85. The Morgan fingerprint density at radius 3 is 2.63 bits per heavy atom. The second kappa shape index (κ2) is 8.26. The Morgan fingerprint density at radius 2 is 1.89 bits per heavy atom. The zero-order valence-corrected chi connectivity index (χ0v) is 13.2. The van der Waals surface area contributed by atoms with Gasteiger partial charge in [0.05, 0.1) is 0 Å². The lowest BCUT2D eigenvalue weighted by atomic mass is 9.86. The maximum atomic E-state index is 3.53. The van der Waals surface area contributed by atoms with E-state index in [2.05, 4.69) is 24.1 Å². The molecule has 2 heteroatoms. The van der Waals surface area contributed by atoms with Crippen LogP contribution in [-0.4, -0.2) is 37.1 Å².